The van der Waals surface area contributed by atoms with Gasteiger partial charge in [-0.3, -0.25) is 9.59 Å². The smallest absolute Gasteiger partial charge is 0.343 e. The third kappa shape index (κ3) is 6.71. The van der Waals surface area contributed by atoms with Crippen LogP contribution in [-0.4, -0.2) is 31.1 Å². The zero-order chi connectivity index (χ0) is 24.7. The Morgan fingerprint density at radius 1 is 0.853 bits per heavy atom. The van der Waals surface area contributed by atoms with Crippen LogP contribution < -0.4 is 20.2 Å². The van der Waals surface area contributed by atoms with Crippen LogP contribution in [0.5, 0.6) is 11.5 Å². The molecule has 0 fully saturated rings. The summed E-state index contributed by atoms with van der Waals surface area (Å²) >= 11 is 17.5. The number of carbonyl (C=O) groups excluding carboxylic acids is 3. The van der Waals surface area contributed by atoms with Crippen molar-refractivity contribution in [2.45, 2.75) is 0 Å². The molecule has 174 valence electrons. The average molecular weight is 521 g/mol. The van der Waals surface area contributed by atoms with E-state index in [-0.39, 0.29) is 16.5 Å². The van der Waals surface area contributed by atoms with Gasteiger partial charge in [0.1, 0.15) is 0 Å². The van der Waals surface area contributed by atoms with Crippen molar-refractivity contribution in [2.24, 2.45) is 5.10 Å². The van der Waals surface area contributed by atoms with Crippen molar-refractivity contribution in [3.05, 3.63) is 86.9 Å². The van der Waals surface area contributed by atoms with Crippen LogP contribution in [0.15, 0.2) is 65.8 Å². The normalized spacial score (nSPS) is 10.6. The number of hydrogen-bond acceptors (Lipinski definition) is 6. The molecule has 3 aromatic rings. The fourth-order valence-electron chi connectivity index (χ4n) is 2.57. The van der Waals surface area contributed by atoms with E-state index in [1.807, 2.05) is 0 Å². The number of hydrazone groups is 1. The Kier molecular flexibility index (Phi) is 8.48. The number of rotatable bonds is 6. The molecule has 3 rings (SSSR count). The van der Waals surface area contributed by atoms with Crippen molar-refractivity contribution in [1.82, 2.24) is 5.43 Å². The van der Waals surface area contributed by atoms with Crippen molar-refractivity contribution in [2.75, 3.05) is 12.4 Å². The van der Waals surface area contributed by atoms with Gasteiger partial charge in [-0.2, -0.15) is 5.10 Å². The van der Waals surface area contributed by atoms with E-state index in [2.05, 4.69) is 15.8 Å². The summed E-state index contributed by atoms with van der Waals surface area (Å²) in [4.78, 5) is 36.3. The Balaban J connectivity index is 1.60. The maximum absolute atomic E-state index is 12.3. The van der Waals surface area contributed by atoms with Gasteiger partial charge in [0, 0.05) is 10.7 Å². The van der Waals surface area contributed by atoms with Gasteiger partial charge in [-0.15, -0.1) is 0 Å². The monoisotopic (exact) mass is 519 g/mol. The number of amides is 2. The highest BCUT2D eigenvalue weighted by molar-refractivity contribution is 6.43. The SMILES string of the molecule is COc1cc(/C=N/NC(=O)C(=O)Nc2ccc(Cl)c(Cl)c2)ccc1OC(=O)c1ccc(Cl)cc1. The van der Waals surface area contributed by atoms with Gasteiger partial charge in [0.25, 0.3) is 0 Å². The molecule has 0 aliphatic heterocycles. The first kappa shape index (κ1) is 25.0. The molecule has 0 unspecified atom stereocenters. The number of benzene rings is 3. The zero-order valence-corrected chi connectivity index (χ0v) is 19.7. The van der Waals surface area contributed by atoms with Gasteiger partial charge < -0.3 is 14.8 Å². The molecule has 0 heterocycles. The molecule has 0 bridgehead atoms. The molecular formula is C23H16Cl3N3O5. The molecule has 0 spiro atoms. The van der Waals surface area contributed by atoms with Gasteiger partial charge in [0.2, 0.25) is 0 Å². The van der Waals surface area contributed by atoms with Crippen LogP contribution in [0.4, 0.5) is 5.69 Å². The minimum Gasteiger partial charge on any atom is -0.493 e. The van der Waals surface area contributed by atoms with Crippen LogP contribution in [-0.2, 0) is 9.59 Å². The minimum absolute atomic E-state index is 0.185. The number of nitrogens with one attached hydrogen (secondary N) is 2. The Hall–Kier alpha value is -3.59. The summed E-state index contributed by atoms with van der Waals surface area (Å²) in [6.07, 6.45) is 1.29. The highest BCUT2D eigenvalue weighted by Crippen LogP contribution is 2.28. The summed E-state index contributed by atoms with van der Waals surface area (Å²) in [7, 11) is 1.41. The number of nitrogens with zero attached hydrogens (tertiary/aromatic N) is 1. The molecule has 3 aromatic carbocycles. The summed E-state index contributed by atoms with van der Waals surface area (Å²) < 4.78 is 10.6. The molecule has 2 amide bonds. The summed E-state index contributed by atoms with van der Waals surface area (Å²) in [5.74, 6) is -2.09. The quantitative estimate of drug-likeness (QED) is 0.157. The first-order valence-corrected chi connectivity index (χ1v) is 10.7. The molecule has 2 N–H and O–H groups in total. The van der Waals surface area contributed by atoms with E-state index < -0.39 is 17.8 Å². The molecule has 0 saturated carbocycles. The molecular weight excluding hydrogens is 505 g/mol. The first-order valence-electron chi connectivity index (χ1n) is 9.52. The van der Waals surface area contributed by atoms with Crippen LogP contribution in [0.2, 0.25) is 15.1 Å². The van der Waals surface area contributed by atoms with E-state index >= 15 is 0 Å². The summed E-state index contributed by atoms with van der Waals surface area (Å²) in [5.41, 5.74) is 3.23. The van der Waals surface area contributed by atoms with Gasteiger partial charge in [-0.25, -0.2) is 10.2 Å². The fraction of sp³-hybridized carbons (Fsp3) is 0.0435. The standard InChI is InChI=1S/C23H16Cl3N3O5/c1-33-20-10-13(2-9-19(20)34-23(32)14-3-5-15(24)6-4-14)12-27-29-22(31)21(30)28-16-7-8-17(25)18(26)11-16/h2-12H,1H3,(H,28,30)(H,29,31)/b27-12+. The highest BCUT2D eigenvalue weighted by atomic mass is 35.5. The number of hydrogen-bond donors (Lipinski definition) is 2. The van der Waals surface area contributed by atoms with Gasteiger partial charge in [-0.05, 0) is 66.2 Å². The van der Waals surface area contributed by atoms with E-state index in [0.29, 0.717) is 26.9 Å². The lowest BCUT2D eigenvalue weighted by Crippen LogP contribution is -2.32. The van der Waals surface area contributed by atoms with Crippen LogP contribution in [0.25, 0.3) is 0 Å². The Labute approximate surface area is 209 Å². The van der Waals surface area contributed by atoms with Gasteiger partial charge in [-0.1, -0.05) is 34.8 Å². The van der Waals surface area contributed by atoms with Crippen LogP contribution in [0.3, 0.4) is 0 Å². The molecule has 0 saturated heterocycles. The second kappa shape index (κ2) is 11.5. The first-order chi connectivity index (χ1) is 16.3. The lowest BCUT2D eigenvalue weighted by molar-refractivity contribution is -0.136. The van der Waals surface area contributed by atoms with Crippen molar-refractivity contribution >= 4 is 64.5 Å². The van der Waals surface area contributed by atoms with Crippen molar-refractivity contribution in [3.8, 4) is 11.5 Å². The lowest BCUT2D eigenvalue weighted by Gasteiger charge is -2.10. The second-order valence-electron chi connectivity index (χ2n) is 6.59. The number of halogens is 3. The van der Waals surface area contributed by atoms with E-state index in [1.165, 1.54) is 43.7 Å². The number of anilines is 1. The third-order valence-corrected chi connectivity index (χ3v) is 5.22. The number of ether oxygens (including phenoxy) is 2. The van der Waals surface area contributed by atoms with Crippen LogP contribution in [0, 0.1) is 0 Å². The molecule has 0 radical (unpaired) electrons. The van der Waals surface area contributed by atoms with Crippen molar-refractivity contribution in [3.63, 3.8) is 0 Å². The Morgan fingerprint density at radius 3 is 2.26 bits per heavy atom. The van der Waals surface area contributed by atoms with Gasteiger partial charge in [0.05, 0.1) is 28.9 Å². The van der Waals surface area contributed by atoms with Gasteiger partial charge >= 0.3 is 17.8 Å². The number of methoxy groups -OCH3 is 1. The maximum Gasteiger partial charge on any atom is 0.343 e. The molecule has 0 atom stereocenters. The van der Waals surface area contributed by atoms with Crippen molar-refractivity contribution in [1.29, 1.82) is 0 Å². The lowest BCUT2D eigenvalue weighted by atomic mass is 10.2. The van der Waals surface area contributed by atoms with E-state index in [0.717, 1.165) is 0 Å². The molecule has 8 nitrogen and oxygen atoms in total. The summed E-state index contributed by atoms with van der Waals surface area (Å²) in [6.45, 7) is 0. The number of carbonyl (C=O) groups is 3. The van der Waals surface area contributed by atoms with E-state index in [9.17, 15) is 14.4 Å². The third-order valence-electron chi connectivity index (χ3n) is 4.23. The molecule has 11 heteroatoms. The van der Waals surface area contributed by atoms with Gasteiger partial charge in [0.15, 0.2) is 11.5 Å². The van der Waals surface area contributed by atoms with Crippen molar-refractivity contribution < 1.29 is 23.9 Å². The minimum atomic E-state index is -0.997. The maximum atomic E-state index is 12.3. The largest absolute Gasteiger partial charge is 0.493 e. The fourth-order valence-corrected chi connectivity index (χ4v) is 3.00. The second-order valence-corrected chi connectivity index (χ2v) is 7.84. The number of esters is 1. The Morgan fingerprint density at radius 2 is 1.59 bits per heavy atom. The Bertz CT molecular complexity index is 1260. The summed E-state index contributed by atoms with van der Waals surface area (Å²) in [6, 6.07) is 15.3. The zero-order valence-electron chi connectivity index (χ0n) is 17.5. The van der Waals surface area contributed by atoms with E-state index in [4.69, 9.17) is 44.3 Å². The highest BCUT2D eigenvalue weighted by Gasteiger charge is 2.15. The molecule has 0 aliphatic rings. The topological polar surface area (TPSA) is 106 Å². The van der Waals surface area contributed by atoms with Crippen LogP contribution >= 0.6 is 34.8 Å². The summed E-state index contributed by atoms with van der Waals surface area (Å²) in [5, 5.41) is 7.17. The van der Waals surface area contributed by atoms with Crippen LogP contribution in [0.1, 0.15) is 15.9 Å². The predicted octanol–water partition coefficient (Wildman–Crippen LogP) is 4.96. The molecule has 34 heavy (non-hydrogen) atoms. The molecule has 0 aliphatic carbocycles. The molecule has 0 aromatic heterocycles. The van der Waals surface area contributed by atoms with E-state index in [1.54, 1.807) is 30.3 Å². The average Bonchev–Trinajstić information content (AvgIpc) is 2.82. The predicted molar refractivity (Wildman–Crippen MR) is 130 cm³/mol.